The summed E-state index contributed by atoms with van der Waals surface area (Å²) in [6.45, 7) is 9.06. The number of likely N-dealkylation sites (N-methyl/N-ethyl adjacent to an activating group) is 1. The summed E-state index contributed by atoms with van der Waals surface area (Å²) in [5, 5.41) is 3.50. The van der Waals surface area contributed by atoms with Crippen LogP contribution in [-0.2, 0) is 19.1 Å². The van der Waals surface area contributed by atoms with E-state index in [1.54, 1.807) is 25.1 Å². The van der Waals surface area contributed by atoms with Gasteiger partial charge < -0.3 is 19.7 Å². The molecule has 0 bridgehead atoms. The lowest BCUT2D eigenvalue weighted by atomic mass is 9.68. The molecule has 218 valence electrons. The zero-order valence-electron chi connectivity index (χ0n) is 24.8. The van der Waals surface area contributed by atoms with E-state index in [0.717, 1.165) is 28.1 Å². The van der Waals surface area contributed by atoms with E-state index in [2.05, 4.69) is 24.2 Å². The minimum atomic E-state index is -0.422. The molecule has 1 atom stereocenters. The number of benzene rings is 1. The number of rotatable bonds is 10. The second-order valence-electron chi connectivity index (χ2n) is 11.6. The van der Waals surface area contributed by atoms with Crippen LogP contribution in [0.15, 0.2) is 75.7 Å². The number of esters is 1. The molecule has 0 aromatic heterocycles. The number of hydrogen-bond donors (Lipinski definition) is 1. The van der Waals surface area contributed by atoms with Gasteiger partial charge in [-0.3, -0.25) is 19.4 Å². The molecule has 0 saturated heterocycles. The number of nitrogens with zero attached hydrogens (tertiary/aromatic N) is 2. The molecule has 8 nitrogen and oxygen atoms in total. The number of carbonyl (C=O) groups excluding carboxylic acids is 3. The number of dihydropyridines is 1. The van der Waals surface area contributed by atoms with Gasteiger partial charge in [-0.05, 0) is 48.5 Å². The summed E-state index contributed by atoms with van der Waals surface area (Å²) >= 11 is 0. The van der Waals surface area contributed by atoms with Crippen LogP contribution in [0.1, 0.15) is 62.4 Å². The lowest BCUT2D eigenvalue weighted by Gasteiger charge is -2.40. The van der Waals surface area contributed by atoms with Crippen molar-refractivity contribution in [1.82, 2.24) is 10.2 Å². The van der Waals surface area contributed by atoms with Gasteiger partial charge in [0, 0.05) is 67.3 Å². The summed E-state index contributed by atoms with van der Waals surface area (Å²) in [6, 6.07) is 7.52. The van der Waals surface area contributed by atoms with Crippen molar-refractivity contribution in [3.63, 3.8) is 0 Å². The zero-order chi connectivity index (χ0) is 29.6. The van der Waals surface area contributed by atoms with E-state index in [9.17, 15) is 14.4 Å². The number of amides is 1. The number of aliphatic imine (C=N–C) groups is 1. The minimum Gasteiger partial charge on any atom is -0.466 e. The molecule has 1 N–H and O–H groups in total. The van der Waals surface area contributed by atoms with Crippen molar-refractivity contribution in [2.45, 2.75) is 53.4 Å². The second kappa shape index (κ2) is 13.3. The average molecular weight is 560 g/mol. The predicted octanol–water partition coefficient (Wildman–Crippen LogP) is 5.07. The minimum absolute atomic E-state index is 0.0260. The molecule has 1 amide bonds. The molecule has 3 aliphatic rings. The Bertz CT molecular complexity index is 1350. The van der Waals surface area contributed by atoms with Crippen LogP contribution in [0.2, 0.25) is 0 Å². The number of carbonyl (C=O) groups is 3. The molecule has 0 fully saturated rings. The maximum Gasteiger partial charge on any atom is 0.310 e. The summed E-state index contributed by atoms with van der Waals surface area (Å²) in [7, 11) is 1.76. The Balaban J connectivity index is 1.60. The van der Waals surface area contributed by atoms with E-state index in [1.165, 1.54) is 0 Å². The fourth-order valence-electron chi connectivity index (χ4n) is 5.64. The molecule has 0 saturated carbocycles. The number of aryl methyl sites for hydroxylation is 1. The molecule has 2 heterocycles. The lowest BCUT2D eigenvalue weighted by Crippen LogP contribution is -2.40. The van der Waals surface area contributed by atoms with Crippen LogP contribution in [0, 0.1) is 18.3 Å². The highest BCUT2D eigenvalue weighted by Crippen LogP contribution is 2.46. The first-order valence-electron chi connectivity index (χ1n) is 14.3. The highest BCUT2D eigenvalue weighted by atomic mass is 16.5. The molecule has 0 spiro atoms. The third kappa shape index (κ3) is 7.30. The van der Waals surface area contributed by atoms with Gasteiger partial charge in [-0.1, -0.05) is 44.2 Å². The molecule has 1 aromatic rings. The van der Waals surface area contributed by atoms with Gasteiger partial charge in [-0.2, -0.15) is 0 Å². The smallest absolute Gasteiger partial charge is 0.310 e. The Labute approximate surface area is 242 Å². The maximum absolute atomic E-state index is 13.6. The Morgan fingerprint density at radius 2 is 1.98 bits per heavy atom. The van der Waals surface area contributed by atoms with E-state index in [4.69, 9.17) is 9.47 Å². The Morgan fingerprint density at radius 1 is 1.20 bits per heavy atom. The fraction of sp³-hybridized carbons (Fsp3) is 0.455. The summed E-state index contributed by atoms with van der Waals surface area (Å²) in [5.41, 5.74) is 5.35. The largest absolute Gasteiger partial charge is 0.466 e. The molecule has 41 heavy (non-hydrogen) atoms. The van der Waals surface area contributed by atoms with Crippen molar-refractivity contribution in [2.24, 2.45) is 16.3 Å². The Kier molecular flexibility index (Phi) is 9.76. The fourth-order valence-corrected chi connectivity index (χ4v) is 5.64. The first-order chi connectivity index (χ1) is 19.6. The average Bonchev–Trinajstić information content (AvgIpc) is 3.20. The van der Waals surface area contributed by atoms with Gasteiger partial charge in [-0.25, -0.2) is 0 Å². The molecular weight excluding hydrogens is 518 g/mol. The molecule has 1 aromatic carbocycles. The molecule has 2 aliphatic heterocycles. The van der Waals surface area contributed by atoms with Crippen LogP contribution in [0.4, 0.5) is 0 Å². The van der Waals surface area contributed by atoms with Crippen LogP contribution in [0.3, 0.4) is 0 Å². The predicted molar refractivity (Wildman–Crippen MR) is 159 cm³/mol. The van der Waals surface area contributed by atoms with Gasteiger partial charge in [-0.15, -0.1) is 0 Å². The highest BCUT2D eigenvalue weighted by molar-refractivity contribution is 6.00. The van der Waals surface area contributed by atoms with Crippen molar-refractivity contribution in [2.75, 3.05) is 33.4 Å². The lowest BCUT2D eigenvalue weighted by molar-refractivity contribution is -0.142. The molecular formula is C33H41N3O5. The molecule has 4 rings (SSSR count). The van der Waals surface area contributed by atoms with E-state index >= 15 is 0 Å². The van der Waals surface area contributed by atoms with Gasteiger partial charge in [0.25, 0.3) is 5.91 Å². The monoisotopic (exact) mass is 559 g/mol. The number of ketones is 1. The third-order valence-electron chi connectivity index (χ3n) is 7.64. The van der Waals surface area contributed by atoms with Crippen LogP contribution in [0.5, 0.6) is 0 Å². The van der Waals surface area contributed by atoms with E-state index in [1.807, 2.05) is 49.6 Å². The van der Waals surface area contributed by atoms with E-state index < -0.39 is 5.92 Å². The van der Waals surface area contributed by atoms with Crippen molar-refractivity contribution >= 4 is 23.9 Å². The standard InChI is InChI=1S/C33H41N3O5/c1-6-41-29(38)17-25-27(21-40-16-15-36(5)32(39)24-13-8-7-11-22(24)2)35-26-18-33(3,4)19-28(37)31(26)30(25)23-12-9-10-14-34-20-23/h7-9,11-14,20,30,35H,6,10,15-19,21H2,1-5H3. The molecule has 1 unspecified atom stereocenters. The molecule has 0 radical (unpaired) electrons. The van der Waals surface area contributed by atoms with E-state index in [0.29, 0.717) is 43.6 Å². The van der Waals surface area contributed by atoms with Gasteiger partial charge in [0.05, 0.1) is 26.2 Å². The summed E-state index contributed by atoms with van der Waals surface area (Å²) < 4.78 is 11.4. The SMILES string of the molecule is CCOC(=O)CC1=C(COCCN(C)C(=O)c2ccccc2C)NC2=C(C(=O)CC(C)(C)C2)C1C1=CN=CCC=C1. The van der Waals surface area contributed by atoms with Crippen LogP contribution in [-0.4, -0.2) is 62.2 Å². The van der Waals surface area contributed by atoms with Gasteiger partial charge in [0.1, 0.15) is 0 Å². The second-order valence-corrected chi connectivity index (χ2v) is 11.6. The number of hydrogen-bond acceptors (Lipinski definition) is 7. The summed E-state index contributed by atoms with van der Waals surface area (Å²) in [6.07, 6.45) is 9.47. The first kappa shape index (κ1) is 30.2. The number of allylic oxidation sites excluding steroid dienone is 5. The first-order valence-corrected chi connectivity index (χ1v) is 14.3. The van der Waals surface area contributed by atoms with Crippen molar-refractivity contribution in [3.05, 3.63) is 81.9 Å². The van der Waals surface area contributed by atoms with Crippen molar-refractivity contribution in [3.8, 4) is 0 Å². The van der Waals surface area contributed by atoms with Crippen LogP contribution < -0.4 is 5.32 Å². The number of ether oxygens (including phenoxy) is 2. The quantitative estimate of drug-likeness (QED) is 0.318. The van der Waals surface area contributed by atoms with Crippen LogP contribution >= 0.6 is 0 Å². The maximum atomic E-state index is 13.6. The summed E-state index contributed by atoms with van der Waals surface area (Å²) in [5.74, 6) is -0.761. The summed E-state index contributed by atoms with van der Waals surface area (Å²) in [4.78, 5) is 45.4. The van der Waals surface area contributed by atoms with Crippen molar-refractivity contribution < 1.29 is 23.9 Å². The number of nitrogens with one attached hydrogen (secondary N) is 1. The van der Waals surface area contributed by atoms with Crippen molar-refractivity contribution in [1.29, 1.82) is 0 Å². The Hall–Kier alpha value is -3.78. The molecule has 1 aliphatic carbocycles. The third-order valence-corrected chi connectivity index (χ3v) is 7.64. The zero-order valence-corrected chi connectivity index (χ0v) is 24.8. The Morgan fingerprint density at radius 3 is 2.73 bits per heavy atom. The topological polar surface area (TPSA) is 97.3 Å². The molecule has 8 heteroatoms. The van der Waals surface area contributed by atoms with Gasteiger partial charge in [0.15, 0.2) is 5.78 Å². The van der Waals surface area contributed by atoms with Gasteiger partial charge in [0.2, 0.25) is 0 Å². The van der Waals surface area contributed by atoms with E-state index in [-0.39, 0.29) is 42.7 Å². The number of Topliss-reactive ketones (excluding diaryl/α,β-unsaturated/α-hetero) is 1. The van der Waals surface area contributed by atoms with Crippen LogP contribution in [0.25, 0.3) is 0 Å². The normalized spacial score (nSPS) is 19.8. The highest BCUT2D eigenvalue weighted by Gasteiger charge is 2.42. The van der Waals surface area contributed by atoms with Gasteiger partial charge >= 0.3 is 5.97 Å².